The molecular weight excluding hydrogens is 540 g/mol. The molecule has 41 heavy (non-hydrogen) atoms. The summed E-state index contributed by atoms with van der Waals surface area (Å²) in [5, 5.41) is 0. The van der Waals surface area contributed by atoms with Crippen LogP contribution in [0.5, 0.6) is 11.5 Å². The van der Waals surface area contributed by atoms with E-state index in [1.807, 2.05) is 78.8 Å². The zero-order valence-corrected chi connectivity index (χ0v) is 28.4. The lowest BCUT2D eigenvalue weighted by molar-refractivity contribution is -0.150. The van der Waals surface area contributed by atoms with Gasteiger partial charge in [-0.3, -0.25) is 4.79 Å². The van der Waals surface area contributed by atoms with Crippen LogP contribution in [0, 0.1) is 0 Å². The molecule has 0 aromatic heterocycles. The lowest BCUT2D eigenvalue weighted by Crippen LogP contribution is -2.40. The molecule has 1 aromatic carbocycles. The standard InChI is InChI=1S/C19H30N2O5.C9H14OS.2C2H6/c1-6-24-19(23)15(2)26-18-9-7-17(8-10-18)25-12-11-16(13-20(3)4)21(5)14-22;1-5-8(2)6-7-9(3)11-10-4;2*1-2/h7-10,14-16H,6,11-13H2,1-5H3;5-7H,3H2,1-2,4H3;2*1-2H3/b;7-6-,8-5-;;. The van der Waals surface area contributed by atoms with Crippen molar-refractivity contribution in [1.82, 2.24) is 9.80 Å². The third kappa shape index (κ3) is 23.6. The maximum absolute atomic E-state index is 11.6. The largest absolute Gasteiger partial charge is 0.494 e. The summed E-state index contributed by atoms with van der Waals surface area (Å²) < 4.78 is 21.0. The number of hydrogen-bond acceptors (Lipinski definition) is 8. The molecule has 1 amide bonds. The average molecular weight is 597 g/mol. The molecule has 2 atom stereocenters. The predicted molar refractivity (Wildman–Crippen MR) is 174 cm³/mol. The van der Waals surface area contributed by atoms with Gasteiger partial charge in [0.25, 0.3) is 0 Å². The average Bonchev–Trinajstić information content (AvgIpc) is 2.98. The van der Waals surface area contributed by atoms with Crippen LogP contribution < -0.4 is 9.47 Å². The molecule has 1 rings (SSSR count). The summed E-state index contributed by atoms with van der Waals surface area (Å²) in [5.41, 5.74) is 1.22. The van der Waals surface area contributed by atoms with E-state index in [0.717, 1.165) is 24.3 Å². The highest BCUT2D eigenvalue weighted by molar-refractivity contribution is 7.98. The molecule has 236 valence electrons. The fraction of sp³-hybridized carbons (Fsp3) is 0.562. The van der Waals surface area contributed by atoms with Gasteiger partial charge in [0.15, 0.2) is 6.10 Å². The summed E-state index contributed by atoms with van der Waals surface area (Å²) in [6, 6.07) is 7.17. The molecule has 0 aliphatic carbocycles. The number of hydrogen-bond donors (Lipinski definition) is 0. The van der Waals surface area contributed by atoms with Crippen molar-refractivity contribution in [3.8, 4) is 11.5 Å². The second-order valence-corrected chi connectivity index (χ2v) is 9.41. The molecule has 0 saturated carbocycles. The first-order valence-electron chi connectivity index (χ1n) is 14.2. The minimum absolute atomic E-state index is 0.0931. The molecule has 0 heterocycles. The molecule has 2 unspecified atom stereocenters. The highest BCUT2D eigenvalue weighted by Crippen LogP contribution is 2.19. The van der Waals surface area contributed by atoms with Gasteiger partial charge in [-0.1, -0.05) is 52.0 Å². The Morgan fingerprint density at radius 2 is 1.61 bits per heavy atom. The second kappa shape index (κ2) is 28.8. The van der Waals surface area contributed by atoms with Crippen LogP contribution in [0.15, 0.2) is 59.6 Å². The van der Waals surface area contributed by atoms with E-state index in [9.17, 15) is 9.59 Å². The van der Waals surface area contributed by atoms with E-state index in [1.54, 1.807) is 57.2 Å². The fourth-order valence-electron chi connectivity index (χ4n) is 2.83. The van der Waals surface area contributed by atoms with E-state index in [0.29, 0.717) is 24.7 Å². The summed E-state index contributed by atoms with van der Waals surface area (Å²) in [6.45, 7) is 20.8. The van der Waals surface area contributed by atoms with E-state index in [1.165, 1.54) is 17.6 Å². The summed E-state index contributed by atoms with van der Waals surface area (Å²) in [4.78, 5) is 27.2. The van der Waals surface area contributed by atoms with Crippen LogP contribution in [0.25, 0.3) is 0 Å². The van der Waals surface area contributed by atoms with Crippen molar-refractivity contribution in [2.45, 2.75) is 74.0 Å². The van der Waals surface area contributed by atoms with Crippen LogP contribution in [-0.2, 0) is 18.5 Å². The van der Waals surface area contributed by atoms with Gasteiger partial charge >= 0.3 is 5.97 Å². The Morgan fingerprint density at radius 1 is 1.05 bits per heavy atom. The molecule has 0 N–H and O–H groups in total. The van der Waals surface area contributed by atoms with Crippen LogP contribution in [0.4, 0.5) is 0 Å². The highest BCUT2D eigenvalue weighted by atomic mass is 32.2. The van der Waals surface area contributed by atoms with Crippen molar-refractivity contribution in [3.05, 3.63) is 59.6 Å². The smallest absolute Gasteiger partial charge is 0.347 e. The minimum atomic E-state index is -0.660. The van der Waals surface area contributed by atoms with Crippen molar-refractivity contribution in [2.75, 3.05) is 48.0 Å². The van der Waals surface area contributed by atoms with Gasteiger partial charge in [-0.15, -0.1) is 0 Å². The lowest BCUT2D eigenvalue weighted by Gasteiger charge is -2.27. The molecule has 0 radical (unpaired) electrons. The third-order valence-corrected chi connectivity index (χ3v) is 5.49. The molecule has 9 heteroatoms. The van der Waals surface area contributed by atoms with E-state index in [2.05, 4.69) is 6.58 Å². The Bertz CT molecular complexity index is 856. The van der Waals surface area contributed by atoms with Crippen LogP contribution in [0.3, 0.4) is 0 Å². The SMILES string of the molecule is C=C(/C=C\C(C)=C/C)SOC.CC.CC.CCOC(=O)C(C)Oc1ccc(OCCC(CN(C)C)N(C)C=O)cc1. The zero-order valence-electron chi connectivity index (χ0n) is 27.6. The number of carbonyl (C=O) groups is 2. The topological polar surface area (TPSA) is 77.5 Å². The van der Waals surface area contributed by atoms with Gasteiger partial charge in [0.1, 0.15) is 11.5 Å². The quantitative estimate of drug-likeness (QED) is 0.0860. The van der Waals surface area contributed by atoms with Gasteiger partial charge in [0.05, 0.1) is 20.3 Å². The van der Waals surface area contributed by atoms with Gasteiger partial charge in [0.2, 0.25) is 6.41 Å². The monoisotopic (exact) mass is 596 g/mol. The van der Waals surface area contributed by atoms with Crippen LogP contribution >= 0.6 is 12.0 Å². The Morgan fingerprint density at radius 3 is 2.07 bits per heavy atom. The van der Waals surface area contributed by atoms with Crippen molar-refractivity contribution in [3.63, 3.8) is 0 Å². The number of allylic oxidation sites excluding steroid dienone is 4. The number of amides is 1. The van der Waals surface area contributed by atoms with Crippen molar-refractivity contribution in [2.24, 2.45) is 0 Å². The maximum Gasteiger partial charge on any atom is 0.347 e. The Labute approximate surface area is 254 Å². The second-order valence-electron chi connectivity index (χ2n) is 8.39. The molecule has 1 aromatic rings. The molecule has 0 aliphatic heterocycles. The number of ether oxygens (including phenoxy) is 3. The lowest BCUT2D eigenvalue weighted by atomic mass is 10.2. The van der Waals surface area contributed by atoms with E-state index in [-0.39, 0.29) is 12.0 Å². The molecule has 0 saturated heterocycles. The van der Waals surface area contributed by atoms with Crippen LogP contribution in [0.2, 0.25) is 0 Å². The van der Waals surface area contributed by atoms with Crippen LogP contribution in [-0.4, -0.2) is 82.3 Å². The summed E-state index contributed by atoms with van der Waals surface area (Å²) in [7, 11) is 7.36. The normalized spacial score (nSPS) is 11.9. The zero-order chi connectivity index (χ0) is 32.2. The molecular formula is C32H56N2O6S. The van der Waals surface area contributed by atoms with Gasteiger partial charge in [-0.25, -0.2) is 4.79 Å². The minimum Gasteiger partial charge on any atom is -0.494 e. The maximum atomic E-state index is 11.6. The molecule has 0 aliphatic rings. The van der Waals surface area contributed by atoms with Crippen molar-refractivity contribution in [1.29, 1.82) is 0 Å². The number of nitrogens with zero attached hydrogens (tertiary/aromatic N) is 2. The number of carbonyl (C=O) groups excluding carboxylic acids is 2. The van der Waals surface area contributed by atoms with Crippen molar-refractivity contribution < 1.29 is 28.0 Å². The Balaban J connectivity index is -0.000000805. The fourth-order valence-corrected chi connectivity index (χ4v) is 3.16. The number of rotatable bonds is 16. The number of benzene rings is 1. The molecule has 0 spiro atoms. The summed E-state index contributed by atoms with van der Waals surface area (Å²) >= 11 is 1.28. The first kappa shape index (κ1) is 42.7. The molecule has 8 nitrogen and oxygen atoms in total. The summed E-state index contributed by atoms with van der Waals surface area (Å²) in [6.07, 6.45) is 6.89. The number of likely N-dealkylation sites (N-methyl/N-ethyl adjacent to an activating group) is 2. The van der Waals surface area contributed by atoms with Crippen LogP contribution in [0.1, 0.15) is 61.8 Å². The third-order valence-electron chi connectivity index (χ3n) is 4.97. The molecule has 0 fully saturated rings. The van der Waals surface area contributed by atoms with E-state index in [4.69, 9.17) is 18.4 Å². The predicted octanol–water partition coefficient (Wildman–Crippen LogP) is 7.17. The van der Waals surface area contributed by atoms with E-state index >= 15 is 0 Å². The van der Waals surface area contributed by atoms with Crippen molar-refractivity contribution >= 4 is 24.4 Å². The Hall–Kier alpha value is -2.75. The Kier molecular flexibility index (Phi) is 30.0. The first-order valence-corrected chi connectivity index (χ1v) is 14.9. The summed E-state index contributed by atoms with van der Waals surface area (Å²) in [5.74, 6) is 0.890. The van der Waals surface area contributed by atoms with E-state index < -0.39 is 6.10 Å². The van der Waals surface area contributed by atoms with Gasteiger partial charge in [-0.2, -0.15) is 0 Å². The van der Waals surface area contributed by atoms with Gasteiger partial charge < -0.3 is 28.2 Å². The van der Waals surface area contributed by atoms with Gasteiger partial charge in [0, 0.05) is 43.0 Å². The molecule has 0 bridgehead atoms. The first-order chi connectivity index (χ1) is 19.6. The highest BCUT2D eigenvalue weighted by Gasteiger charge is 2.16. The number of esters is 1. The van der Waals surface area contributed by atoms with Gasteiger partial charge in [-0.05, 0) is 72.1 Å².